The van der Waals surface area contributed by atoms with E-state index in [0.29, 0.717) is 12.5 Å². The summed E-state index contributed by atoms with van der Waals surface area (Å²) in [5, 5.41) is 10.2. The van der Waals surface area contributed by atoms with E-state index < -0.39 is 0 Å². The Kier molecular flexibility index (Phi) is 5.12. The second kappa shape index (κ2) is 7.40. The smallest absolute Gasteiger partial charge is 0.250 e. The van der Waals surface area contributed by atoms with Gasteiger partial charge in [-0.05, 0) is 24.8 Å². The van der Waals surface area contributed by atoms with Crippen molar-refractivity contribution in [2.24, 2.45) is 17.8 Å². The first-order valence-corrected chi connectivity index (χ1v) is 10.3. The number of aromatic nitrogens is 1. The van der Waals surface area contributed by atoms with Crippen molar-refractivity contribution in [3.05, 3.63) is 34.2 Å². The lowest BCUT2D eigenvalue weighted by molar-refractivity contribution is -0.135. The molecule has 0 unspecified atom stereocenters. The van der Waals surface area contributed by atoms with Gasteiger partial charge in [0.15, 0.2) is 0 Å². The van der Waals surface area contributed by atoms with E-state index in [4.69, 9.17) is 0 Å². The summed E-state index contributed by atoms with van der Waals surface area (Å²) >= 11 is 0. The van der Waals surface area contributed by atoms with Gasteiger partial charge in [0.1, 0.15) is 0 Å². The van der Waals surface area contributed by atoms with E-state index in [1.165, 1.54) is 32.1 Å². The molecule has 4 rings (SSSR count). The predicted molar refractivity (Wildman–Crippen MR) is 103 cm³/mol. The highest BCUT2D eigenvalue weighted by molar-refractivity contribution is 5.80. The number of hydrogen-bond donors (Lipinski definition) is 1. The molecule has 1 saturated heterocycles. The van der Waals surface area contributed by atoms with Gasteiger partial charge in [0.2, 0.25) is 5.91 Å². The molecule has 1 aromatic rings. The Balaban J connectivity index is 1.75. The SMILES string of the molecule is CN(C)C(=O)[C@@H]1[C@@H](CO)[C@@H]2Cn3c(cccc3=O)[C@H]1N2CC1CCCCC1. The van der Waals surface area contributed by atoms with Gasteiger partial charge in [-0.25, -0.2) is 0 Å². The molecule has 3 aliphatic rings. The van der Waals surface area contributed by atoms with E-state index in [-0.39, 0.29) is 42.0 Å². The van der Waals surface area contributed by atoms with Crippen LogP contribution in [-0.2, 0) is 11.3 Å². The first-order valence-electron chi connectivity index (χ1n) is 10.3. The Morgan fingerprint density at radius 3 is 2.63 bits per heavy atom. The van der Waals surface area contributed by atoms with Crippen LogP contribution in [-0.4, -0.2) is 58.7 Å². The number of amides is 1. The van der Waals surface area contributed by atoms with Gasteiger partial charge in [-0.15, -0.1) is 0 Å². The molecule has 6 nitrogen and oxygen atoms in total. The van der Waals surface area contributed by atoms with Gasteiger partial charge in [0, 0.05) is 57.5 Å². The molecule has 2 aliphatic heterocycles. The molecule has 3 heterocycles. The summed E-state index contributed by atoms with van der Waals surface area (Å²) in [4.78, 5) is 29.7. The second-order valence-corrected chi connectivity index (χ2v) is 8.72. The van der Waals surface area contributed by atoms with E-state index in [1.54, 1.807) is 31.1 Å². The van der Waals surface area contributed by atoms with Crippen LogP contribution in [0.2, 0.25) is 0 Å². The fraction of sp³-hybridized carbons (Fsp3) is 0.714. The van der Waals surface area contributed by atoms with Gasteiger partial charge >= 0.3 is 0 Å². The third kappa shape index (κ3) is 3.13. The highest BCUT2D eigenvalue weighted by Gasteiger charge is 2.56. The van der Waals surface area contributed by atoms with Crippen molar-refractivity contribution < 1.29 is 9.90 Å². The molecule has 2 fully saturated rings. The van der Waals surface area contributed by atoms with Crippen molar-refractivity contribution in [1.82, 2.24) is 14.4 Å². The molecule has 0 radical (unpaired) electrons. The van der Waals surface area contributed by atoms with Gasteiger partial charge in [-0.3, -0.25) is 14.5 Å². The number of rotatable bonds is 4. The Morgan fingerprint density at radius 1 is 1.22 bits per heavy atom. The maximum Gasteiger partial charge on any atom is 0.250 e. The molecule has 1 saturated carbocycles. The summed E-state index contributed by atoms with van der Waals surface area (Å²) in [6.45, 7) is 1.52. The molecule has 4 atom stereocenters. The number of nitrogens with zero attached hydrogens (tertiary/aromatic N) is 3. The Hall–Kier alpha value is -1.66. The first-order chi connectivity index (χ1) is 13.0. The number of carbonyl (C=O) groups is 1. The van der Waals surface area contributed by atoms with Crippen LogP contribution in [0, 0.1) is 17.8 Å². The summed E-state index contributed by atoms with van der Waals surface area (Å²) < 4.78 is 1.83. The number of hydrogen-bond acceptors (Lipinski definition) is 4. The van der Waals surface area contributed by atoms with Crippen LogP contribution in [0.25, 0.3) is 0 Å². The standard InChI is InChI=1S/C21H31N3O3/c1-22(2)21(27)19-15(13-25)17-12-23-16(9-6-10-18(23)26)20(19)24(17)11-14-7-4-3-5-8-14/h6,9-10,14-15,17,19-20,25H,3-5,7-8,11-13H2,1-2H3/t15-,17-,19+,20+/m0/s1. The summed E-state index contributed by atoms with van der Waals surface area (Å²) in [6, 6.07) is 5.31. The van der Waals surface area contributed by atoms with Crippen molar-refractivity contribution >= 4 is 5.91 Å². The molecule has 1 aliphatic carbocycles. The third-order valence-electron chi connectivity index (χ3n) is 6.97. The number of aliphatic hydroxyl groups is 1. The maximum absolute atomic E-state index is 13.1. The number of pyridine rings is 1. The Morgan fingerprint density at radius 2 is 1.96 bits per heavy atom. The van der Waals surface area contributed by atoms with Crippen LogP contribution in [0.3, 0.4) is 0 Å². The van der Waals surface area contributed by atoms with Gasteiger partial charge in [-0.2, -0.15) is 0 Å². The van der Waals surface area contributed by atoms with Crippen LogP contribution in [0.5, 0.6) is 0 Å². The molecule has 0 spiro atoms. The highest BCUT2D eigenvalue weighted by Crippen LogP contribution is 2.49. The summed E-state index contributed by atoms with van der Waals surface area (Å²) in [5.74, 6) is 0.278. The van der Waals surface area contributed by atoms with Crippen LogP contribution in [0.1, 0.15) is 43.8 Å². The molecule has 1 aromatic heterocycles. The number of aliphatic hydroxyl groups excluding tert-OH is 1. The zero-order chi connectivity index (χ0) is 19.1. The molecular formula is C21H31N3O3. The fourth-order valence-electron chi connectivity index (χ4n) is 5.67. The summed E-state index contributed by atoms with van der Waals surface area (Å²) in [6.07, 6.45) is 6.38. The van der Waals surface area contributed by atoms with Gasteiger partial charge in [0.05, 0.1) is 12.0 Å². The average molecular weight is 373 g/mol. The Bertz CT molecular complexity index is 753. The lowest BCUT2D eigenvalue weighted by Crippen LogP contribution is -2.48. The lowest BCUT2D eigenvalue weighted by Gasteiger charge is -2.40. The van der Waals surface area contributed by atoms with E-state index in [2.05, 4.69) is 4.90 Å². The molecule has 1 amide bonds. The molecule has 148 valence electrons. The van der Waals surface area contributed by atoms with Crippen molar-refractivity contribution in [2.45, 2.75) is 50.7 Å². The van der Waals surface area contributed by atoms with Crippen LogP contribution >= 0.6 is 0 Å². The van der Waals surface area contributed by atoms with Gasteiger partial charge in [-0.1, -0.05) is 25.3 Å². The minimum atomic E-state index is -0.297. The number of fused-ring (bicyclic) bond motifs is 4. The third-order valence-corrected chi connectivity index (χ3v) is 6.97. The Labute approximate surface area is 160 Å². The minimum absolute atomic E-state index is 0.00513. The van der Waals surface area contributed by atoms with Crippen LogP contribution < -0.4 is 5.56 Å². The van der Waals surface area contributed by atoms with Crippen LogP contribution in [0.15, 0.2) is 23.0 Å². The zero-order valence-electron chi connectivity index (χ0n) is 16.4. The predicted octanol–water partition coefficient (Wildman–Crippen LogP) is 1.48. The van der Waals surface area contributed by atoms with Crippen molar-refractivity contribution in [2.75, 3.05) is 27.2 Å². The van der Waals surface area contributed by atoms with Crippen molar-refractivity contribution in [3.63, 3.8) is 0 Å². The van der Waals surface area contributed by atoms with Gasteiger partial charge < -0.3 is 14.6 Å². The summed E-state index contributed by atoms with van der Waals surface area (Å²) in [5.41, 5.74) is 0.931. The number of carbonyl (C=O) groups excluding carboxylic acids is 1. The van der Waals surface area contributed by atoms with Crippen molar-refractivity contribution in [3.8, 4) is 0 Å². The zero-order valence-corrected chi connectivity index (χ0v) is 16.4. The van der Waals surface area contributed by atoms with E-state index in [9.17, 15) is 14.7 Å². The lowest BCUT2D eigenvalue weighted by atomic mass is 9.86. The largest absolute Gasteiger partial charge is 0.396 e. The van der Waals surface area contributed by atoms with Gasteiger partial charge in [0.25, 0.3) is 5.56 Å². The fourth-order valence-corrected chi connectivity index (χ4v) is 5.67. The molecular weight excluding hydrogens is 342 g/mol. The normalized spacial score (nSPS) is 30.9. The molecule has 27 heavy (non-hydrogen) atoms. The molecule has 1 N–H and O–H groups in total. The monoisotopic (exact) mass is 373 g/mol. The second-order valence-electron chi connectivity index (χ2n) is 8.72. The topological polar surface area (TPSA) is 65.8 Å². The van der Waals surface area contributed by atoms with E-state index in [1.807, 2.05) is 10.6 Å². The summed E-state index contributed by atoms with van der Waals surface area (Å²) in [7, 11) is 3.56. The van der Waals surface area contributed by atoms with E-state index in [0.717, 1.165) is 12.2 Å². The molecule has 6 heteroatoms. The quantitative estimate of drug-likeness (QED) is 0.868. The highest BCUT2D eigenvalue weighted by atomic mass is 16.3. The van der Waals surface area contributed by atoms with E-state index >= 15 is 0 Å². The molecule has 0 aromatic carbocycles. The van der Waals surface area contributed by atoms with Crippen molar-refractivity contribution in [1.29, 1.82) is 0 Å². The maximum atomic E-state index is 13.1. The van der Waals surface area contributed by atoms with Crippen LogP contribution in [0.4, 0.5) is 0 Å². The first kappa shape index (κ1) is 18.7. The molecule has 2 bridgehead atoms. The average Bonchev–Trinajstić information content (AvgIpc) is 2.87. The minimum Gasteiger partial charge on any atom is -0.396 e.